The summed E-state index contributed by atoms with van der Waals surface area (Å²) in [6, 6.07) is 10.6. The zero-order chi connectivity index (χ0) is 28.0. The molecular weight excluding hydrogens is 512 g/mol. The van der Waals surface area contributed by atoms with Gasteiger partial charge in [0.05, 0.1) is 25.3 Å². The van der Waals surface area contributed by atoms with Crippen molar-refractivity contribution in [2.24, 2.45) is 5.92 Å². The Kier molecular flexibility index (Phi) is 9.82. The maximum Gasteiger partial charge on any atom is 0.415 e. The van der Waals surface area contributed by atoms with E-state index in [-0.39, 0.29) is 35.3 Å². The monoisotopic (exact) mass is 545 g/mol. The average molecular weight is 546 g/mol. The molecule has 0 atom stereocenters. The molecule has 1 aromatic heterocycles. The Morgan fingerprint density at radius 1 is 0.974 bits per heavy atom. The Morgan fingerprint density at radius 3 is 2.16 bits per heavy atom. The van der Waals surface area contributed by atoms with Crippen LogP contribution in [0.5, 0.6) is 0 Å². The summed E-state index contributed by atoms with van der Waals surface area (Å²) in [7, 11) is 3.70. The molecule has 38 heavy (non-hydrogen) atoms. The minimum Gasteiger partial charge on any atom is -0.462 e. The average Bonchev–Trinajstić information content (AvgIpc) is 3.21. The van der Waals surface area contributed by atoms with Crippen molar-refractivity contribution in [1.82, 2.24) is 4.90 Å². The van der Waals surface area contributed by atoms with Crippen molar-refractivity contribution in [3.05, 3.63) is 70.8 Å². The fourth-order valence-corrected chi connectivity index (χ4v) is 5.06. The second kappa shape index (κ2) is 12.8. The molecular formula is C28H33F2N3O4S. The molecule has 1 amide bonds. The maximum absolute atomic E-state index is 14.7. The van der Waals surface area contributed by atoms with Crippen LogP contribution in [-0.4, -0.2) is 44.3 Å². The molecule has 1 heterocycles. The van der Waals surface area contributed by atoms with Crippen molar-refractivity contribution in [1.29, 1.82) is 0 Å². The summed E-state index contributed by atoms with van der Waals surface area (Å²) in [5, 5.41) is 0.184. The van der Waals surface area contributed by atoms with Crippen molar-refractivity contribution < 1.29 is 27.8 Å². The molecule has 0 aliphatic heterocycles. The molecule has 0 unspecified atom stereocenters. The lowest BCUT2D eigenvalue weighted by molar-refractivity contribution is 0.0526. The van der Waals surface area contributed by atoms with Crippen LogP contribution >= 0.6 is 11.3 Å². The molecule has 3 rings (SSSR count). The highest BCUT2D eigenvalue weighted by Gasteiger charge is 2.33. The summed E-state index contributed by atoms with van der Waals surface area (Å²) in [6.45, 7) is 5.48. The van der Waals surface area contributed by atoms with Crippen molar-refractivity contribution in [2.75, 3.05) is 37.9 Å². The number of benzene rings is 2. The molecule has 2 N–H and O–H groups in total. The van der Waals surface area contributed by atoms with Crippen LogP contribution in [0.2, 0.25) is 0 Å². The molecule has 0 radical (unpaired) electrons. The van der Waals surface area contributed by atoms with E-state index in [2.05, 4.69) is 0 Å². The summed E-state index contributed by atoms with van der Waals surface area (Å²) in [5.41, 5.74) is 7.67. The zero-order valence-corrected chi connectivity index (χ0v) is 23.0. The van der Waals surface area contributed by atoms with Gasteiger partial charge in [0.2, 0.25) is 0 Å². The van der Waals surface area contributed by atoms with Crippen LogP contribution in [0.3, 0.4) is 0 Å². The number of esters is 1. The number of ether oxygens (including phenoxy) is 2. The first-order chi connectivity index (χ1) is 18.0. The van der Waals surface area contributed by atoms with Gasteiger partial charge in [-0.05, 0) is 56.8 Å². The van der Waals surface area contributed by atoms with Crippen LogP contribution in [0, 0.1) is 17.6 Å². The van der Waals surface area contributed by atoms with E-state index >= 15 is 0 Å². The van der Waals surface area contributed by atoms with E-state index in [1.807, 2.05) is 45.0 Å². The van der Waals surface area contributed by atoms with E-state index in [0.717, 1.165) is 33.9 Å². The van der Waals surface area contributed by atoms with Crippen molar-refractivity contribution >= 4 is 34.1 Å². The fraction of sp³-hybridized carbons (Fsp3) is 0.357. The van der Waals surface area contributed by atoms with Crippen LogP contribution < -0.4 is 10.6 Å². The van der Waals surface area contributed by atoms with Gasteiger partial charge in [-0.2, -0.15) is 0 Å². The lowest BCUT2D eigenvalue weighted by Gasteiger charge is -2.23. The van der Waals surface area contributed by atoms with E-state index in [4.69, 9.17) is 15.2 Å². The molecule has 0 aliphatic carbocycles. The number of carbonyl (C=O) groups excluding carboxylic acids is 2. The van der Waals surface area contributed by atoms with E-state index in [0.29, 0.717) is 22.7 Å². The quantitative estimate of drug-likeness (QED) is 0.237. The molecule has 0 saturated heterocycles. The third kappa shape index (κ3) is 6.87. The Morgan fingerprint density at radius 2 is 1.61 bits per heavy atom. The normalized spacial score (nSPS) is 11.2. The van der Waals surface area contributed by atoms with Crippen LogP contribution in [0.1, 0.15) is 42.3 Å². The van der Waals surface area contributed by atoms with Gasteiger partial charge in [-0.1, -0.05) is 32.0 Å². The predicted octanol–water partition coefficient (Wildman–Crippen LogP) is 6.31. The third-order valence-electron chi connectivity index (χ3n) is 5.50. The first-order valence-electron chi connectivity index (χ1n) is 12.2. The second-order valence-corrected chi connectivity index (χ2v) is 10.4. The maximum atomic E-state index is 14.7. The number of amides is 1. The topological polar surface area (TPSA) is 85.1 Å². The van der Waals surface area contributed by atoms with E-state index in [1.54, 1.807) is 19.1 Å². The van der Waals surface area contributed by atoms with Gasteiger partial charge in [-0.15, -0.1) is 11.3 Å². The van der Waals surface area contributed by atoms with Gasteiger partial charge in [0.1, 0.15) is 16.6 Å². The number of hydrogen-bond donors (Lipinski definition) is 1. The molecule has 10 heteroatoms. The molecule has 0 fully saturated rings. The Hall–Kier alpha value is -3.50. The van der Waals surface area contributed by atoms with Crippen molar-refractivity contribution in [3.63, 3.8) is 0 Å². The first-order valence-corrected chi connectivity index (χ1v) is 13.1. The van der Waals surface area contributed by atoms with Gasteiger partial charge in [-0.3, -0.25) is 4.90 Å². The number of carbonyl (C=O) groups is 2. The minimum absolute atomic E-state index is 0.0218. The number of anilines is 2. The predicted molar refractivity (Wildman–Crippen MR) is 146 cm³/mol. The van der Waals surface area contributed by atoms with Crippen molar-refractivity contribution in [3.8, 4) is 10.4 Å². The second-order valence-electron chi connectivity index (χ2n) is 9.43. The number of nitrogens with two attached hydrogens (primary N) is 1. The van der Waals surface area contributed by atoms with E-state index < -0.39 is 30.2 Å². The molecule has 7 nitrogen and oxygen atoms in total. The number of nitrogens with zero attached hydrogens (tertiary/aromatic N) is 2. The van der Waals surface area contributed by atoms with Gasteiger partial charge < -0.3 is 20.1 Å². The number of halogens is 2. The molecule has 0 saturated carbocycles. The third-order valence-corrected chi connectivity index (χ3v) is 6.80. The molecule has 204 valence electrons. The smallest absolute Gasteiger partial charge is 0.415 e. The summed E-state index contributed by atoms with van der Waals surface area (Å²) >= 11 is 1.15. The SMILES string of the molecule is CCOC(=O)c1c(N(Cc2c(F)cccc2F)C(=O)OCC(C)C)sc(-c2ccc(N)cc2)c1CN(C)C. The Balaban J connectivity index is 2.28. The van der Waals surface area contributed by atoms with Gasteiger partial charge in [0, 0.05) is 28.2 Å². The highest BCUT2D eigenvalue weighted by molar-refractivity contribution is 7.20. The molecule has 0 bridgehead atoms. The van der Waals surface area contributed by atoms with Gasteiger partial charge in [0.15, 0.2) is 0 Å². The fourth-order valence-electron chi connectivity index (χ4n) is 3.77. The van der Waals surface area contributed by atoms with E-state index in [1.165, 1.54) is 6.07 Å². The summed E-state index contributed by atoms with van der Waals surface area (Å²) < 4.78 is 40.3. The van der Waals surface area contributed by atoms with E-state index in [9.17, 15) is 18.4 Å². The van der Waals surface area contributed by atoms with Crippen LogP contribution in [0.15, 0.2) is 42.5 Å². The Labute approximate surface area is 225 Å². The molecule has 0 aliphatic rings. The zero-order valence-electron chi connectivity index (χ0n) is 22.2. The van der Waals surface area contributed by atoms with Gasteiger partial charge in [-0.25, -0.2) is 18.4 Å². The Bertz CT molecular complexity index is 1260. The molecule has 0 spiro atoms. The number of hydrogen-bond acceptors (Lipinski definition) is 7. The number of rotatable bonds is 10. The van der Waals surface area contributed by atoms with Crippen LogP contribution in [0.4, 0.5) is 24.3 Å². The lowest BCUT2D eigenvalue weighted by Crippen LogP contribution is -2.33. The summed E-state index contributed by atoms with van der Waals surface area (Å²) in [6.07, 6.45) is -0.826. The molecule has 3 aromatic rings. The summed E-state index contributed by atoms with van der Waals surface area (Å²) in [5.74, 6) is -2.25. The highest BCUT2D eigenvalue weighted by atomic mass is 32.1. The standard InChI is InChI=1S/C28H33F2N3O4S/c1-6-36-27(34)24-21(14-32(4)5)25(18-10-12-19(31)13-11-18)38-26(24)33(28(35)37-16-17(2)3)15-20-22(29)8-7-9-23(20)30/h7-13,17H,6,14-16,31H2,1-5H3. The first kappa shape index (κ1) is 29.1. The number of thiophene rings is 1. The van der Waals surface area contributed by atoms with Crippen LogP contribution in [-0.2, 0) is 22.6 Å². The lowest BCUT2D eigenvalue weighted by atomic mass is 10.0. The highest BCUT2D eigenvalue weighted by Crippen LogP contribution is 2.44. The van der Waals surface area contributed by atoms with Gasteiger partial charge >= 0.3 is 12.1 Å². The van der Waals surface area contributed by atoms with Crippen molar-refractivity contribution in [2.45, 2.75) is 33.9 Å². The summed E-state index contributed by atoms with van der Waals surface area (Å²) in [4.78, 5) is 30.5. The number of nitrogen functional groups attached to an aromatic ring is 1. The van der Waals surface area contributed by atoms with Gasteiger partial charge in [0.25, 0.3) is 0 Å². The largest absolute Gasteiger partial charge is 0.462 e. The molecule has 2 aromatic carbocycles. The minimum atomic E-state index is -0.826. The van der Waals surface area contributed by atoms with Crippen LogP contribution in [0.25, 0.3) is 10.4 Å².